The predicted molar refractivity (Wildman–Crippen MR) is 53.9 cm³/mol. The molecule has 0 bridgehead atoms. The Labute approximate surface area is 73.0 Å². The van der Waals surface area contributed by atoms with Crippen LogP contribution in [0.2, 0.25) is 12.1 Å². The van der Waals surface area contributed by atoms with E-state index in [1.165, 1.54) is 18.5 Å². The van der Waals surface area contributed by atoms with Gasteiger partial charge in [-0.05, 0) is 6.42 Å². The van der Waals surface area contributed by atoms with Crippen LogP contribution in [0.4, 0.5) is 0 Å². The third kappa shape index (κ3) is 5.09. The molecule has 0 saturated carbocycles. The molecule has 0 rings (SSSR count). The maximum atomic E-state index is 3.42. The zero-order valence-corrected chi connectivity index (χ0v) is 9.20. The van der Waals surface area contributed by atoms with Gasteiger partial charge in [0.25, 0.3) is 0 Å². The molecule has 1 radical (unpaired) electrons. The molecule has 0 aromatic rings. The molecule has 0 aromatic carbocycles. The average Bonchev–Trinajstić information content (AvgIpc) is 2.06. The number of rotatable bonds is 3. The Kier molecular flexibility index (Phi) is 6.35. The summed E-state index contributed by atoms with van der Waals surface area (Å²) in [6, 6.07) is 2.59. The highest BCUT2D eigenvalue weighted by Crippen LogP contribution is 2.00. The molecule has 0 aromatic heterocycles. The van der Waals surface area contributed by atoms with Gasteiger partial charge < -0.3 is 0 Å². The molecule has 0 aliphatic rings. The van der Waals surface area contributed by atoms with E-state index in [-0.39, 0.29) is 8.80 Å². The Morgan fingerprint density at radius 1 is 1.18 bits per heavy atom. The van der Waals surface area contributed by atoms with E-state index in [4.69, 9.17) is 0 Å². The van der Waals surface area contributed by atoms with E-state index in [9.17, 15) is 0 Å². The summed E-state index contributed by atoms with van der Waals surface area (Å²) in [5.74, 6) is 3.93. The summed E-state index contributed by atoms with van der Waals surface area (Å²) in [4.78, 5) is 0. The molecular weight excluding hydrogens is 148 g/mol. The molecule has 0 fully saturated rings. The monoisotopic (exact) mass is 167 g/mol. The number of hydrogen-bond donors (Lipinski definition) is 0. The van der Waals surface area contributed by atoms with Gasteiger partial charge in [-0.2, -0.15) is 0 Å². The van der Waals surface area contributed by atoms with Crippen molar-refractivity contribution >= 4 is 8.80 Å². The van der Waals surface area contributed by atoms with Crippen LogP contribution in [0.3, 0.4) is 0 Å². The van der Waals surface area contributed by atoms with Crippen LogP contribution in [0.1, 0.15) is 34.1 Å². The summed E-state index contributed by atoms with van der Waals surface area (Å²) in [6.45, 7) is 8.91. The van der Waals surface area contributed by atoms with Gasteiger partial charge in [0.2, 0.25) is 0 Å². The van der Waals surface area contributed by atoms with Gasteiger partial charge in [0.05, 0.1) is 0 Å². The quantitative estimate of drug-likeness (QED) is 0.447. The highest BCUT2D eigenvalue weighted by atomic mass is 28.3. The van der Waals surface area contributed by atoms with Crippen molar-refractivity contribution in [1.82, 2.24) is 0 Å². The first-order valence-electron chi connectivity index (χ1n) is 4.60. The first-order valence-corrected chi connectivity index (χ1v) is 6.52. The lowest BCUT2D eigenvalue weighted by molar-refractivity contribution is 0.724. The largest absolute Gasteiger partial charge is 0.144 e. The fourth-order valence-corrected chi connectivity index (χ4v) is 2.06. The van der Waals surface area contributed by atoms with E-state index >= 15 is 0 Å². The third-order valence-corrected chi connectivity index (χ3v) is 4.17. The molecule has 11 heavy (non-hydrogen) atoms. The average molecular weight is 167 g/mol. The van der Waals surface area contributed by atoms with Crippen molar-refractivity contribution in [3.05, 3.63) is 0 Å². The predicted octanol–water partition coefficient (Wildman–Crippen LogP) is 3.11. The zero-order valence-electron chi connectivity index (χ0n) is 8.20. The highest BCUT2D eigenvalue weighted by molar-refractivity contribution is 6.67. The molecule has 1 unspecified atom stereocenters. The topological polar surface area (TPSA) is 0 Å². The molecule has 0 amide bonds. The molecular formula is C10H19Si. The number of hydrogen-bond acceptors (Lipinski definition) is 0. The summed E-state index contributed by atoms with van der Waals surface area (Å²) in [5.41, 5.74) is 3.42. The van der Waals surface area contributed by atoms with E-state index in [1.807, 2.05) is 0 Å². The maximum Gasteiger partial charge on any atom is 0.144 e. The molecule has 0 saturated heterocycles. The van der Waals surface area contributed by atoms with Crippen molar-refractivity contribution < 1.29 is 0 Å². The third-order valence-electron chi connectivity index (χ3n) is 1.96. The van der Waals surface area contributed by atoms with Gasteiger partial charge in [-0.25, -0.2) is 0 Å². The molecule has 0 spiro atoms. The normalized spacial score (nSPS) is 12.5. The minimum absolute atomic E-state index is 0.289. The molecule has 1 heteroatoms. The van der Waals surface area contributed by atoms with Gasteiger partial charge in [0.1, 0.15) is 8.80 Å². The van der Waals surface area contributed by atoms with Crippen LogP contribution < -0.4 is 0 Å². The van der Waals surface area contributed by atoms with E-state index in [0.717, 1.165) is 0 Å². The lowest BCUT2D eigenvalue weighted by atomic mass is 10.1. The lowest BCUT2D eigenvalue weighted by Gasteiger charge is -2.00. The molecule has 0 heterocycles. The van der Waals surface area contributed by atoms with Crippen molar-refractivity contribution in [3.63, 3.8) is 0 Å². The van der Waals surface area contributed by atoms with E-state index in [0.29, 0.717) is 5.92 Å². The fraction of sp³-hybridized carbons (Fsp3) is 0.800. The van der Waals surface area contributed by atoms with Crippen molar-refractivity contribution in [2.75, 3.05) is 0 Å². The summed E-state index contributed by atoms with van der Waals surface area (Å²) in [5, 5.41) is 0. The Balaban J connectivity index is 3.82. The van der Waals surface area contributed by atoms with Crippen LogP contribution in [0.25, 0.3) is 0 Å². The van der Waals surface area contributed by atoms with Gasteiger partial charge in [0.15, 0.2) is 0 Å². The second-order valence-corrected chi connectivity index (χ2v) is 5.76. The van der Waals surface area contributed by atoms with Gasteiger partial charge in [0, 0.05) is 5.92 Å². The minimum Gasteiger partial charge on any atom is -0.133 e. The van der Waals surface area contributed by atoms with Gasteiger partial charge in [-0.1, -0.05) is 39.8 Å². The van der Waals surface area contributed by atoms with Crippen LogP contribution in [0, 0.1) is 17.4 Å². The summed E-state index contributed by atoms with van der Waals surface area (Å²) >= 11 is 0. The SMILES string of the molecule is CCC(C)C#C[Si](CC)CC. The van der Waals surface area contributed by atoms with E-state index in [2.05, 4.69) is 39.2 Å². The van der Waals surface area contributed by atoms with Crippen molar-refractivity contribution in [3.8, 4) is 11.5 Å². The van der Waals surface area contributed by atoms with Crippen LogP contribution in [0.15, 0.2) is 0 Å². The molecule has 0 nitrogen and oxygen atoms in total. The smallest absolute Gasteiger partial charge is 0.133 e. The molecule has 0 N–H and O–H groups in total. The van der Waals surface area contributed by atoms with Crippen molar-refractivity contribution in [2.24, 2.45) is 5.92 Å². The van der Waals surface area contributed by atoms with Gasteiger partial charge >= 0.3 is 0 Å². The van der Waals surface area contributed by atoms with Gasteiger partial charge in [-0.15, -0.1) is 11.5 Å². The second kappa shape index (κ2) is 6.48. The van der Waals surface area contributed by atoms with E-state index < -0.39 is 0 Å². The standard InChI is InChI=1S/C10H19Si/c1-5-10(4)8-9-11(6-2)7-3/h10H,5-7H2,1-4H3. The Morgan fingerprint density at radius 2 is 1.73 bits per heavy atom. The van der Waals surface area contributed by atoms with Crippen molar-refractivity contribution in [2.45, 2.75) is 46.2 Å². The Morgan fingerprint density at radius 3 is 2.09 bits per heavy atom. The van der Waals surface area contributed by atoms with Crippen LogP contribution in [-0.4, -0.2) is 8.80 Å². The summed E-state index contributed by atoms with van der Waals surface area (Å²) < 4.78 is 0. The lowest BCUT2D eigenvalue weighted by Crippen LogP contribution is -2.05. The first-order chi connectivity index (χ1) is 5.24. The van der Waals surface area contributed by atoms with E-state index in [1.54, 1.807) is 0 Å². The van der Waals surface area contributed by atoms with Crippen molar-refractivity contribution in [1.29, 1.82) is 0 Å². The Bertz CT molecular complexity index is 137. The van der Waals surface area contributed by atoms with Gasteiger partial charge in [-0.3, -0.25) is 0 Å². The second-order valence-electron chi connectivity index (χ2n) is 2.89. The zero-order chi connectivity index (χ0) is 8.69. The van der Waals surface area contributed by atoms with Crippen LogP contribution in [-0.2, 0) is 0 Å². The molecule has 1 atom stereocenters. The summed E-state index contributed by atoms with van der Waals surface area (Å²) in [6.07, 6.45) is 1.19. The highest BCUT2D eigenvalue weighted by Gasteiger charge is 2.00. The molecule has 63 valence electrons. The fourth-order valence-electron chi connectivity index (χ4n) is 0.754. The molecule has 0 aliphatic carbocycles. The Hall–Kier alpha value is -0.223. The van der Waals surface area contributed by atoms with Crippen LogP contribution in [0.5, 0.6) is 0 Å². The maximum absolute atomic E-state index is 3.42. The summed E-state index contributed by atoms with van der Waals surface area (Å²) in [7, 11) is -0.289. The first kappa shape index (κ1) is 10.8. The minimum atomic E-state index is -0.289. The molecule has 0 aliphatic heterocycles. The van der Waals surface area contributed by atoms with Crippen LogP contribution >= 0.6 is 0 Å².